The Morgan fingerprint density at radius 2 is 1.75 bits per heavy atom. The van der Waals surface area contributed by atoms with Gasteiger partial charge in [0.05, 0.1) is 4.92 Å². The summed E-state index contributed by atoms with van der Waals surface area (Å²) in [4.78, 5) is 22.3. The molecule has 0 aromatic heterocycles. The van der Waals surface area contributed by atoms with Crippen LogP contribution in [0.25, 0.3) is 0 Å². The van der Waals surface area contributed by atoms with Crippen molar-refractivity contribution in [3.8, 4) is 0 Å². The molecular formula is C16H23NO3. The molecule has 0 fully saturated rings. The third-order valence-electron chi connectivity index (χ3n) is 3.39. The van der Waals surface area contributed by atoms with E-state index in [2.05, 4.69) is 6.92 Å². The quantitative estimate of drug-likeness (QED) is 0.360. The van der Waals surface area contributed by atoms with E-state index in [4.69, 9.17) is 0 Å². The summed E-state index contributed by atoms with van der Waals surface area (Å²) in [5.74, 6) is 0.0924. The second-order valence-electron chi connectivity index (χ2n) is 5.12. The average Bonchev–Trinajstić information content (AvgIpc) is 2.43. The predicted molar refractivity (Wildman–Crippen MR) is 79.8 cm³/mol. The van der Waals surface area contributed by atoms with E-state index in [-0.39, 0.29) is 17.9 Å². The Morgan fingerprint density at radius 3 is 2.45 bits per heavy atom. The number of nitrogens with zero attached hydrogens (tertiary/aromatic N) is 1. The number of ketones is 1. The number of rotatable bonds is 10. The third kappa shape index (κ3) is 5.95. The van der Waals surface area contributed by atoms with Gasteiger partial charge in [-0.25, -0.2) is 0 Å². The van der Waals surface area contributed by atoms with Gasteiger partial charge in [0.2, 0.25) is 0 Å². The first kappa shape index (κ1) is 16.3. The smallest absolute Gasteiger partial charge is 0.273 e. The molecule has 1 aromatic carbocycles. The van der Waals surface area contributed by atoms with Crippen LogP contribution in [0.2, 0.25) is 0 Å². The van der Waals surface area contributed by atoms with E-state index in [1.807, 2.05) is 0 Å². The SMILES string of the molecule is CCCCCCCCC(=O)Cc1ccccc1[N+](=O)[O-]. The number of carbonyl (C=O) groups excluding carboxylic acids is 1. The molecule has 0 atom stereocenters. The topological polar surface area (TPSA) is 60.2 Å². The Balaban J connectivity index is 2.34. The number of para-hydroxylation sites is 1. The summed E-state index contributed by atoms with van der Waals surface area (Å²) in [7, 11) is 0. The van der Waals surface area contributed by atoms with Gasteiger partial charge in [-0.1, -0.05) is 57.2 Å². The minimum Gasteiger partial charge on any atom is -0.299 e. The van der Waals surface area contributed by atoms with Crippen LogP contribution < -0.4 is 0 Å². The van der Waals surface area contributed by atoms with E-state index in [1.54, 1.807) is 18.2 Å². The Kier molecular flexibility index (Phi) is 7.55. The molecule has 0 aliphatic heterocycles. The molecular weight excluding hydrogens is 254 g/mol. The van der Waals surface area contributed by atoms with Crippen molar-refractivity contribution in [3.05, 3.63) is 39.9 Å². The molecule has 0 aliphatic carbocycles. The number of nitro benzene ring substituents is 1. The van der Waals surface area contributed by atoms with Crippen molar-refractivity contribution in [2.75, 3.05) is 0 Å². The number of unbranched alkanes of at least 4 members (excludes halogenated alkanes) is 5. The molecule has 20 heavy (non-hydrogen) atoms. The molecule has 0 radical (unpaired) electrons. The maximum Gasteiger partial charge on any atom is 0.273 e. The van der Waals surface area contributed by atoms with E-state index in [0.717, 1.165) is 12.8 Å². The van der Waals surface area contributed by atoms with Crippen molar-refractivity contribution in [1.82, 2.24) is 0 Å². The molecule has 0 amide bonds. The number of nitro groups is 1. The molecule has 0 spiro atoms. The summed E-state index contributed by atoms with van der Waals surface area (Å²) in [6, 6.07) is 6.48. The first-order valence-electron chi connectivity index (χ1n) is 7.39. The fourth-order valence-corrected chi connectivity index (χ4v) is 2.24. The zero-order chi connectivity index (χ0) is 14.8. The largest absolute Gasteiger partial charge is 0.299 e. The predicted octanol–water partition coefficient (Wildman–Crippen LogP) is 4.46. The lowest BCUT2D eigenvalue weighted by Crippen LogP contribution is -2.05. The highest BCUT2D eigenvalue weighted by Gasteiger charge is 2.14. The number of Topliss-reactive ketones (excluding diaryl/α,β-unsaturated/α-hetero) is 1. The lowest BCUT2D eigenvalue weighted by molar-refractivity contribution is -0.385. The molecule has 0 saturated carbocycles. The van der Waals surface area contributed by atoms with Gasteiger partial charge in [-0.05, 0) is 6.42 Å². The highest BCUT2D eigenvalue weighted by atomic mass is 16.6. The fourth-order valence-electron chi connectivity index (χ4n) is 2.24. The Morgan fingerprint density at radius 1 is 1.10 bits per heavy atom. The van der Waals surface area contributed by atoms with Crippen LogP contribution in [-0.2, 0) is 11.2 Å². The van der Waals surface area contributed by atoms with Gasteiger partial charge in [0.25, 0.3) is 5.69 Å². The van der Waals surface area contributed by atoms with Crippen molar-refractivity contribution in [2.24, 2.45) is 0 Å². The highest BCUT2D eigenvalue weighted by molar-refractivity contribution is 5.81. The standard InChI is InChI=1S/C16H23NO3/c1-2-3-4-5-6-7-11-15(18)13-14-10-8-9-12-16(14)17(19)20/h8-10,12H,2-7,11,13H2,1H3. The second-order valence-corrected chi connectivity index (χ2v) is 5.12. The molecule has 110 valence electrons. The van der Waals surface area contributed by atoms with Crippen LogP contribution in [0, 0.1) is 10.1 Å². The minimum absolute atomic E-state index is 0.0452. The van der Waals surface area contributed by atoms with Gasteiger partial charge in [0, 0.05) is 24.5 Å². The summed E-state index contributed by atoms with van der Waals surface area (Å²) >= 11 is 0. The maximum absolute atomic E-state index is 11.9. The van der Waals surface area contributed by atoms with Gasteiger partial charge < -0.3 is 0 Å². The molecule has 1 rings (SSSR count). The van der Waals surface area contributed by atoms with E-state index in [9.17, 15) is 14.9 Å². The average molecular weight is 277 g/mol. The zero-order valence-electron chi connectivity index (χ0n) is 12.1. The van der Waals surface area contributed by atoms with Crippen LogP contribution in [0.3, 0.4) is 0 Å². The second kappa shape index (κ2) is 9.23. The molecule has 0 N–H and O–H groups in total. The van der Waals surface area contributed by atoms with E-state index < -0.39 is 4.92 Å². The Bertz CT molecular complexity index is 443. The highest BCUT2D eigenvalue weighted by Crippen LogP contribution is 2.19. The fraction of sp³-hybridized carbons (Fsp3) is 0.562. The summed E-state index contributed by atoms with van der Waals surface area (Å²) in [6.07, 6.45) is 7.54. The van der Waals surface area contributed by atoms with Crippen molar-refractivity contribution >= 4 is 11.5 Å². The molecule has 0 bridgehead atoms. The van der Waals surface area contributed by atoms with Gasteiger partial charge in [0.15, 0.2) is 0 Å². The van der Waals surface area contributed by atoms with Gasteiger partial charge in [-0.2, -0.15) is 0 Å². The van der Waals surface area contributed by atoms with Crippen molar-refractivity contribution in [3.63, 3.8) is 0 Å². The van der Waals surface area contributed by atoms with Crippen molar-refractivity contribution in [1.29, 1.82) is 0 Å². The number of carbonyl (C=O) groups is 1. The summed E-state index contributed by atoms with van der Waals surface area (Å²) in [5, 5.41) is 10.9. The summed E-state index contributed by atoms with van der Waals surface area (Å²) < 4.78 is 0. The normalized spacial score (nSPS) is 10.4. The van der Waals surface area contributed by atoms with Crippen LogP contribution >= 0.6 is 0 Å². The molecule has 0 aliphatic rings. The van der Waals surface area contributed by atoms with Crippen LogP contribution in [0.1, 0.15) is 57.4 Å². The maximum atomic E-state index is 11.9. The van der Waals surface area contributed by atoms with Crippen LogP contribution in [0.5, 0.6) is 0 Å². The van der Waals surface area contributed by atoms with Crippen LogP contribution in [0.4, 0.5) is 5.69 Å². The van der Waals surface area contributed by atoms with E-state index in [1.165, 1.54) is 31.7 Å². The van der Waals surface area contributed by atoms with Crippen molar-refractivity contribution in [2.45, 2.75) is 58.3 Å². The van der Waals surface area contributed by atoms with E-state index >= 15 is 0 Å². The Hall–Kier alpha value is -1.71. The summed E-state index contributed by atoms with van der Waals surface area (Å²) in [5.41, 5.74) is 0.567. The zero-order valence-corrected chi connectivity index (χ0v) is 12.1. The molecule has 4 nitrogen and oxygen atoms in total. The molecule has 4 heteroatoms. The first-order chi connectivity index (χ1) is 9.65. The van der Waals surface area contributed by atoms with E-state index in [0.29, 0.717) is 12.0 Å². The van der Waals surface area contributed by atoms with Crippen molar-refractivity contribution < 1.29 is 9.72 Å². The molecule has 0 saturated heterocycles. The van der Waals surface area contributed by atoms with Gasteiger partial charge in [-0.15, -0.1) is 0 Å². The molecule has 1 aromatic rings. The van der Waals surface area contributed by atoms with Gasteiger partial charge in [0.1, 0.15) is 5.78 Å². The lowest BCUT2D eigenvalue weighted by Gasteiger charge is -2.03. The van der Waals surface area contributed by atoms with Gasteiger partial charge >= 0.3 is 0 Å². The minimum atomic E-state index is -0.423. The summed E-state index contributed by atoms with van der Waals surface area (Å²) in [6.45, 7) is 2.18. The van der Waals surface area contributed by atoms with Crippen LogP contribution in [-0.4, -0.2) is 10.7 Å². The first-order valence-corrected chi connectivity index (χ1v) is 7.39. The molecule has 0 unspecified atom stereocenters. The number of benzene rings is 1. The van der Waals surface area contributed by atoms with Gasteiger partial charge in [-0.3, -0.25) is 14.9 Å². The molecule has 0 heterocycles. The number of hydrogen-bond donors (Lipinski definition) is 0. The monoisotopic (exact) mass is 277 g/mol. The lowest BCUT2D eigenvalue weighted by atomic mass is 10.0. The third-order valence-corrected chi connectivity index (χ3v) is 3.39. The van der Waals surface area contributed by atoms with Crippen LogP contribution in [0.15, 0.2) is 24.3 Å². The Labute approximate surface area is 120 Å². The number of hydrogen-bond acceptors (Lipinski definition) is 3.